The van der Waals surface area contributed by atoms with Gasteiger partial charge in [0, 0.05) is 13.1 Å². The van der Waals surface area contributed by atoms with E-state index in [1.165, 1.54) is 0 Å². The molecule has 0 heterocycles. The summed E-state index contributed by atoms with van der Waals surface area (Å²) in [5, 5.41) is 23.0. The molecule has 1 aromatic carbocycles. The smallest absolute Gasteiger partial charge is 0.0914 e. The van der Waals surface area contributed by atoms with Crippen molar-refractivity contribution in [2.24, 2.45) is 0 Å². The van der Waals surface area contributed by atoms with Crippen molar-refractivity contribution in [2.75, 3.05) is 13.1 Å². The number of benzene rings is 1. The molecular weight excluding hydrogens is 214 g/mol. The van der Waals surface area contributed by atoms with Crippen LogP contribution in [-0.2, 0) is 0 Å². The summed E-state index contributed by atoms with van der Waals surface area (Å²) < 4.78 is 0. The van der Waals surface area contributed by atoms with Gasteiger partial charge in [-0.25, -0.2) is 0 Å². The second kappa shape index (κ2) is 6.74. The molecular formula is C14H23NO2. The Morgan fingerprint density at radius 3 is 2.53 bits per heavy atom. The summed E-state index contributed by atoms with van der Waals surface area (Å²) in [6.45, 7) is 4.83. The van der Waals surface area contributed by atoms with Gasteiger partial charge in [0.2, 0.25) is 0 Å². The highest BCUT2D eigenvalue weighted by Crippen LogP contribution is 2.13. The lowest BCUT2D eigenvalue weighted by atomic mass is 10.0. The van der Waals surface area contributed by atoms with E-state index in [4.69, 9.17) is 0 Å². The molecule has 0 saturated heterocycles. The van der Waals surface area contributed by atoms with Crippen LogP contribution in [-0.4, -0.2) is 28.9 Å². The summed E-state index contributed by atoms with van der Waals surface area (Å²) >= 11 is 0. The monoisotopic (exact) mass is 237 g/mol. The number of aliphatic hydroxyl groups is 2. The predicted molar refractivity (Wildman–Crippen MR) is 69.8 cm³/mol. The van der Waals surface area contributed by atoms with Crippen molar-refractivity contribution in [1.82, 2.24) is 5.32 Å². The minimum absolute atomic E-state index is 0.462. The van der Waals surface area contributed by atoms with Crippen LogP contribution >= 0.6 is 0 Å². The van der Waals surface area contributed by atoms with Crippen LogP contribution in [0.1, 0.15) is 38.4 Å². The van der Waals surface area contributed by atoms with Crippen LogP contribution in [0.3, 0.4) is 0 Å². The summed E-state index contributed by atoms with van der Waals surface area (Å²) in [6, 6.07) is 9.54. The second-order valence-electron chi connectivity index (χ2n) is 4.80. The minimum atomic E-state index is -0.689. The molecule has 96 valence electrons. The molecule has 0 aliphatic rings. The van der Waals surface area contributed by atoms with Crippen molar-refractivity contribution in [3.8, 4) is 0 Å². The van der Waals surface area contributed by atoms with Gasteiger partial charge >= 0.3 is 0 Å². The third-order valence-electron chi connectivity index (χ3n) is 2.82. The number of nitrogens with one attached hydrogen (secondary N) is 1. The molecule has 0 aliphatic carbocycles. The van der Waals surface area contributed by atoms with E-state index in [-0.39, 0.29) is 0 Å². The van der Waals surface area contributed by atoms with Gasteiger partial charge in [-0.15, -0.1) is 0 Å². The Morgan fingerprint density at radius 2 is 1.94 bits per heavy atom. The van der Waals surface area contributed by atoms with Crippen molar-refractivity contribution < 1.29 is 10.2 Å². The fraction of sp³-hybridized carbons (Fsp3) is 0.571. The van der Waals surface area contributed by atoms with Crippen molar-refractivity contribution in [1.29, 1.82) is 0 Å². The average molecular weight is 237 g/mol. The maximum atomic E-state index is 9.95. The Balaban J connectivity index is 2.32. The first-order valence-corrected chi connectivity index (χ1v) is 6.21. The predicted octanol–water partition coefficient (Wildman–Crippen LogP) is 1.86. The van der Waals surface area contributed by atoms with Crippen molar-refractivity contribution in [3.05, 3.63) is 35.9 Å². The number of aliphatic hydroxyl groups excluding tert-OH is 1. The lowest BCUT2D eigenvalue weighted by Gasteiger charge is -2.24. The molecule has 0 radical (unpaired) electrons. The zero-order chi connectivity index (χ0) is 12.7. The summed E-state index contributed by atoms with van der Waals surface area (Å²) in [6.07, 6.45) is 1.20. The van der Waals surface area contributed by atoms with E-state index in [0.29, 0.717) is 13.1 Å². The lowest BCUT2D eigenvalue weighted by molar-refractivity contribution is 0.0461. The van der Waals surface area contributed by atoms with E-state index in [0.717, 1.165) is 18.4 Å². The van der Waals surface area contributed by atoms with Gasteiger partial charge in [0.15, 0.2) is 0 Å². The minimum Gasteiger partial charge on any atom is -0.389 e. The van der Waals surface area contributed by atoms with Gasteiger partial charge in [0.25, 0.3) is 0 Å². The zero-order valence-corrected chi connectivity index (χ0v) is 10.7. The Morgan fingerprint density at radius 1 is 1.29 bits per heavy atom. The molecule has 0 spiro atoms. The molecule has 1 rings (SSSR count). The Kier molecular flexibility index (Phi) is 5.62. The summed E-state index contributed by atoms with van der Waals surface area (Å²) in [7, 11) is 0. The highest BCUT2D eigenvalue weighted by atomic mass is 16.3. The van der Waals surface area contributed by atoms with Gasteiger partial charge in [-0.3, -0.25) is 0 Å². The first-order chi connectivity index (χ1) is 8.05. The summed E-state index contributed by atoms with van der Waals surface area (Å²) in [5.74, 6) is 0. The highest BCUT2D eigenvalue weighted by molar-refractivity contribution is 5.17. The van der Waals surface area contributed by atoms with Crippen LogP contribution in [0, 0.1) is 0 Å². The van der Waals surface area contributed by atoms with Crippen LogP contribution in [0.4, 0.5) is 0 Å². The maximum absolute atomic E-state index is 9.95. The number of hydrogen-bond acceptors (Lipinski definition) is 3. The standard InChI is InChI=1S/C14H23NO2/c1-3-9-14(2,17)11-15-10-13(16)12-7-5-4-6-8-12/h4-8,13,15-17H,3,9-11H2,1-2H3. The topological polar surface area (TPSA) is 52.5 Å². The summed E-state index contributed by atoms with van der Waals surface area (Å²) in [5.41, 5.74) is 0.209. The third-order valence-corrected chi connectivity index (χ3v) is 2.82. The normalized spacial score (nSPS) is 16.5. The molecule has 0 bridgehead atoms. The van der Waals surface area contributed by atoms with Crippen molar-refractivity contribution in [2.45, 2.75) is 38.4 Å². The molecule has 2 atom stereocenters. The van der Waals surface area contributed by atoms with E-state index in [1.807, 2.05) is 44.2 Å². The molecule has 1 aromatic rings. The van der Waals surface area contributed by atoms with Gasteiger partial charge in [-0.05, 0) is 18.9 Å². The SMILES string of the molecule is CCCC(C)(O)CNCC(O)c1ccccc1. The molecule has 0 saturated carbocycles. The fourth-order valence-corrected chi connectivity index (χ4v) is 1.90. The Labute approximate surface area is 103 Å². The van der Waals surface area contributed by atoms with Crippen LogP contribution in [0.2, 0.25) is 0 Å². The van der Waals surface area contributed by atoms with Gasteiger partial charge in [-0.2, -0.15) is 0 Å². The van der Waals surface area contributed by atoms with E-state index < -0.39 is 11.7 Å². The van der Waals surface area contributed by atoms with Gasteiger partial charge < -0.3 is 15.5 Å². The molecule has 0 aromatic heterocycles. The van der Waals surface area contributed by atoms with Gasteiger partial charge in [0.05, 0.1) is 11.7 Å². The quantitative estimate of drug-likeness (QED) is 0.678. The van der Waals surface area contributed by atoms with Crippen molar-refractivity contribution >= 4 is 0 Å². The lowest BCUT2D eigenvalue weighted by Crippen LogP contribution is -2.39. The van der Waals surface area contributed by atoms with Crippen LogP contribution in [0.15, 0.2) is 30.3 Å². The molecule has 3 N–H and O–H groups in total. The molecule has 0 amide bonds. The van der Waals surface area contributed by atoms with E-state index in [2.05, 4.69) is 5.32 Å². The fourth-order valence-electron chi connectivity index (χ4n) is 1.90. The van der Waals surface area contributed by atoms with E-state index >= 15 is 0 Å². The molecule has 17 heavy (non-hydrogen) atoms. The largest absolute Gasteiger partial charge is 0.389 e. The van der Waals surface area contributed by atoms with E-state index in [9.17, 15) is 10.2 Å². The highest BCUT2D eigenvalue weighted by Gasteiger charge is 2.18. The molecule has 2 unspecified atom stereocenters. The Bertz CT molecular complexity index is 311. The number of hydrogen-bond donors (Lipinski definition) is 3. The number of rotatable bonds is 7. The van der Waals surface area contributed by atoms with Crippen LogP contribution < -0.4 is 5.32 Å². The molecule has 0 fully saturated rings. The van der Waals surface area contributed by atoms with Crippen LogP contribution in [0.5, 0.6) is 0 Å². The second-order valence-corrected chi connectivity index (χ2v) is 4.80. The van der Waals surface area contributed by atoms with Gasteiger partial charge in [-0.1, -0.05) is 43.7 Å². The molecule has 3 heteroatoms. The average Bonchev–Trinajstić information content (AvgIpc) is 2.29. The Hall–Kier alpha value is -0.900. The molecule has 3 nitrogen and oxygen atoms in total. The van der Waals surface area contributed by atoms with Crippen molar-refractivity contribution in [3.63, 3.8) is 0 Å². The summed E-state index contributed by atoms with van der Waals surface area (Å²) in [4.78, 5) is 0. The third kappa shape index (κ3) is 5.31. The molecule has 0 aliphatic heterocycles. The van der Waals surface area contributed by atoms with Crippen LogP contribution in [0.25, 0.3) is 0 Å². The van der Waals surface area contributed by atoms with E-state index in [1.54, 1.807) is 0 Å². The first-order valence-electron chi connectivity index (χ1n) is 6.21. The maximum Gasteiger partial charge on any atom is 0.0914 e. The van der Waals surface area contributed by atoms with Gasteiger partial charge in [0.1, 0.15) is 0 Å². The first kappa shape index (κ1) is 14.2. The zero-order valence-electron chi connectivity index (χ0n) is 10.7.